The van der Waals surface area contributed by atoms with E-state index in [-0.39, 0.29) is 5.92 Å². The van der Waals surface area contributed by atoms with Crippen molar-refractivity contribution in [3.63, 3.8) is 0 Å². The molecule has 1 aliphatic rings. The molecule has 0 spiro atoms. The van der Waals surface area contributed by atoms with Crippen LogP contribution in [0, 0.1) is 11.8 Å². The number of ether oxygens (including phenoxy) is 2. The Hall–Kier alpha value is -1.40. The molecule has 3 atom stereocenters. The molecule has 1 aliphatic heterocycles. The highest BCUT2D eigenvalue weighted by molar-refractivity contribution is 5.88. The fourth-order valence-corrected chi connectivity index (χ4v) is 2.42. The number of carbonyl (C=O) groups is 2. The maximum absolute atomic E-state index is 11.7. The van der Waals surface area contributed by atoms with E-state index < -0.39 is 35.3 Å². The van der Waals surface area contributed by atoms with E-state index >= 15 is 0 Å². The van der Waals surface area contributed by atoms with Gasteiger partial charge in [-0.05, 0) is 18.9 Å². The van der Waals surface area contributed by atoms with Gasteiger partial charge in [-0.3, -0.25) is 0 Å². The smallest absolute Gasteiger partial charge is 0.339 e. The highest BCUT2D eigenvalue weighted by Gasteiger charge is 2.66. The van der Waals surface area contributed by atoms with Crippen molar-refractivity contribution >= 4 is 11.9 Å². The van der Waals surface area contributed by atoms with Crippen molar-refractivity contribution in [1.29, 1.82) is 0 Å². The van der Waals surface area contributed by atoms with Gasteiger partial charge in [0.1, 0.15) is 0 Å². The van der Waals surface area contributed by atoms with Crippen LogP contribution in [0.15, 0.2) is 12.2 Å². The van der Waals surface area contributed by atoms with Gasteiger partial charge in [-0.2, -0.15) is 0 Å². The number of hydrogen-bond acceptors (Lipinski definition) is 4. The minimum atomic E-state index is -1.91. The first kappa shape index (κ1) is 16.7. The van der Waals surface area contributed by atoms with Crippen LogP contribution in [-0.4, -0.2) is 39.6 Å². The minimum Gasteiger partial charge on any atom is -0.479 e. The highest BCUT2D eigenvalue weighted by Crippen LogP contribution is 2.46. The van der Waals surface area contributed by atoms with Gasteiger partial charge >= 0.3 is 11.9 Å². The Bertz CT molecular complexity index is 427. The van der Waals surface area contributed by atoms with Gasteiger partial charge in [-0.15, -0.1) is 0 Å². The van der Waals surface area contributed by atoms with Crippen molar-refractivity contribution in [2.45, 2.75) is 52.1 Å². The second-order valence-electron chi connectivity index (χ2n) is 5.57. The normalized spacial score (nSPS) is 34.2. The van der Waals surface area contributed by atoms with Crippen molar-refractivity contribution in [3.8, 4) is 0 Å². The van der Waals surface area contributed by atoms with Gasteiger partial charge in [0.2, 0.25) is 5.60 Å². The summed E-state index contributed by atoms with van der Waals surface area (Å²) in [7, 11) is 0. The molecule has 0 radical (unpaired) electrons. The third kappa shape index (κ3) is 2.33. The van der Waals surface area contributed by atoms with Gasteiger partial charge in [-0.1, -0.05) is 33.8 Å². The molecule has 6 nitrogen and oxygen atoms in total. The van der Waals surface area contributed by atoms with Crippen molar-refractivity contribution in [2.75, 3.05) is 0 Å². The van der Waals surface area contributed by atoms with E-state index in [0.717, 1.165) is 0 Å². The largest absolute Gasteiger partial charge is 0.479 e. The fraction of sp³-hybridized carbons (Fsp3) is 0.714. The van der Waals surface area contributed by atoms with Gasteiger partial charge in [0.25, 0.3) is 0 Å². The summed E-state index contributed by atoms with van der Waals surface area (Å²) >= 11 is 0. The van der Waals surface area contributed by atoms with Crippen LogP contribution in [0.3, 0.4) is 0 Å². The van der Waals surface area contributed by atoms with Gasteiger partial charge < -0.3 is 19.7 Å². The van der Waals surface area contributed by atoms with Gasteiger partial charge in [-0.25, -0.2) is 9.59 Å². The lowest BCUT2D eigenvalue weighted by atomic mass is 9.85. The Kier molecular flexibility index (Phi) is 4.61. The van der Waals surface area contributed by atoms with E-state index in [0.29, 0.717) is 0 Å². The van der Waals surface area contributed by atoms with Crippen LogP contribution >= 0.6 is 0 Å². The first-order valence-electron chi connectivity index (χ1n) is 6.62. The standard InChI is InChI=1S/C14H22O6/c1-6-7-13(8(2)3)19-10(11(15)16)14(20-13,9(4)5)12(17)18/h6-10H,1-5H3,(H,15,16)(H,17,18)/b7-6+/t10-,13?,14+/m1/s1. The van der Waals surface area contributed by atoms with Crippen LogP contribution in [0.4, 0.5) is 0 Å². The van der Waals surface area contributed by atoms with Crippen molar-refractivity contribution in [3.05, 3.63) is 12.2 Å². The first-order valence-corrected chi connectivity index (χ1v) is 6.62. The molecule has 0 amide bonds. The lowest BCUT2D eigenvalue weighted by Gasteiger charge is -2.33. The first-order chi connectivity index (χ1) is 9.14. The number of allylic oxidation sites excluding steroid dienone is 1. The summed E-state index contributed by atoms with van der Waals surface area (Å²) in [6, 6.07) is 0. The van der Waals surface area contributed by atoms with Crippen LogP contribution in [0.1, 0.15) is 34.6 Å². The lowest BCUT2D eigenvalue weighted by molar-refractivity contribution is -0.202. The maximum Gasteiger partial charge on any atom is 0.339 e. The third-order valence-corrected chi connectivity index (χ3v) is 3.64. The molecule has 6 heteroatoms. The summed E-state index contributed by atoms with van der Waals surface area (Å²) in [5.74, 6) is -4.81. The topological polar surface area (TPSA) is 93.1 Å². The van der Waals surface area contributed by atoms with Crippen LogP contribution < -0.4 is 0 Å². The Morgan fingerprint density at radius 2 is 1.70 bits per heavy atom. The highest BCUT2D eigenvalue weighted by atomic mass is 16.8. The average Bonchev–Trinajstić information content (AvgIpc) is 2.67. The molecule has 0 aromatic heterocycles. The van der Waals surface area contributed by atoms with Gasteiger partial charge in [0.15, 0.2) is 11.9 Å². The summed E-state index contributed by atoms with van der Waals surface area (Å²) in [5, 5.41) is 18.9. The number of rotatable bonds is 5. The van der Waals surface area contributed by atoms with E-state index in [4.69, 9.17) is 9.47 Å². The summed E-state index contributed by atoms with van der Waals surface area (Å²) in [6.45, 7) is 8.54. The lowest BCUT2D eigenvalue weighted by Crippen LogP contribution is -2.55. The molecule has 0 bridgehead atoms. The summed E-state index contributed by atoms with van der Waals surface area (Å²) in [5.41, 5.74) is -1.91. The maximum atomic E-state index is 11.7. The Balaban J connectivity index is 3.44. The molecule has 20 heavy (non-hydrogen) atoms. The Labute approximate surface area is 118 Å². The Morgan fingerprint density at radius 1 is 1.15 bits per heavy atom. The molecule has 0 aromatic carbocycles. The third-order valence-electron chi connectivity index (χ3n) is 3.64. The molecule has 1 saturated heterocycles. The van der Waals surface area contributed by atoms with Gasteiger partial charge in [0.05, 0.1) is 0 Å². The fourth-order valence-electron chi connectivity index (χ4n) is 2.42. The second kappa shape index (κ2) is 5.54. The Morgan fingerprint density at radius 3 is 1.95 bits per heavy atom. The molecule has 0 saturated carbocycles. The number of hydrogen-bond donors (Lipinski definition) is 2. The zero-order valence-corrected chi connectivity index (χ0v) is 12.4. The van der Waals surface area contributed by atoms with Crippen LogP contribution in [0.5, 0.6) is 0 Å². The van der Waals surface area contributed by atoms with Crippen molar-refractivity contribution < 1.29 is 29.3 Å². The molecule has 2 N–H and O–H groups in total. The zero-order valence-electron chi connectivity index (χ0n) is 12.4. The molecule has 114 valence electrons. The predicted octanol–water partition coefficient (Wildman–Crippen LogP) is 1.89. The quantitative estimate of drug-likeness (QED) is 0.750. The number of carboxylic acid groups (broad SMARTS) is 2. The molecule has 0 aromatic rings. The van der Waals surface area contributed by atoms with Crippen LogP contribution in [0.25, 0.3) is 0 Å². The SMILES string of the molecule is C/C=C/C1(C(C)C)O[C@H](C(=O)O)[C@](C(=O)O)(C(C)C)O1. The molecule has 1 fully saturated rings. The van der Waals surface area contributed by atoms with Crippen molar-refractivity contribution in [2.24, 2.45) is 11.8 Å². The summed E-state index contributed by atoms with van der Waals surface area (Å²) in [4.78, 5) is 23.2. The molecule has 1 heterocycles. The number of carboxylic acids is 2. The van der Waals surface area contributed by atoms with E-state index in [9.17, 15) is 19.8 Å². The summed E-state index contributed by atoms with van der Waals surface area (Å²) < 4.78 is 11.3. The second-order valence-corrected chi connectivity index (χ2v) is 5.57. The molecular weight excluding hydrogens is 264 g/mol. The average molecular weight is 286 g/mol. The summed E-state index contributed by atoms with van der Waals surface area (Å²) in [6.07, 6.45) is 1.68. The van der Waals surface area contributed by atoms with E-state index in [1.807, 2.05) is 0 Å². The minimum absolute atomic E-state index is 0.236. The van der Waals surface area contributed by atoms with Crippen molar-refractivity contribution in [1.82, 2.24) is 0 Å². The van der Waals surface area contributed by atoms with Crippen LogP contribution in [0.2, 0.25) is 0 Å². The van der Waals surface area contributed by atoms with Crippen LogP contribution in [-0.2, 0) is 19.1 Å². The monoisotopic (exact) mass is 286 g/mol. The zero-order chi connectivity index (χ0) is 15.7. The van der Waals surface area contributed by atoms with E-state index in [1.165, 1.54) is 0 Å². The molecule has 1 unspecified atom stereocenters. The van der Waals surface area contributed by atoms with E-state index in [1.54, 1.807) is 46.8 Å². The molecule has 0 aliphatic carbocycles. The van der Waals surface area contributed by atoms with Gasteiger partial charge in [0, 0.05) is 5.92 Å². The predicted molar refractivity (Wildman–Crippen MR) is 71.2 cm³/mol. The molecular formula is C14H22O6. The van der Waals surface area contributed by atoms with E-state index in [2.05, 4.69) is 0 Å². The molecule has 1 rings (SSSR count). The number of aliphatic carboxylic acids is 2.